The fourth-order valence-electron chi connectivity index (χ4n) is 1.53. The molecule has 0 saturated heterocycles. The van der Waals surface area contributed by atoms with Crippen LogP contribution in [0.15, 0.2) is 42.7 Å². The van der Waals surface area contributed by atoms with E-state index in [4.69, 9.17) is 5.84 Å². The van der Waals surface area contributed by atoms with Crippen LogP contribution in [0.3, 0.4) is 0 Å². The summed E-state index contributed by atoms with van der Waals surface area (Å²) in [7, 11) is 0. The van der Waals surface area contributed by atoms with Crippen LogP contribution in [0.1, 0.15) is 15.9 Å². The van der Waals surface area contributed by atoms with Crippen LogP contribution >= 0.6 is 0 Å². The minimum atomic E-state index is -0.159. The molecule has 1 aromatic carbocycles. The zero-order valence-corrected chi connectivity index (χ0v) is 9.97. The number of amides is 1. The van der Waals surface area contributed by atoms with Crippen LogP contribution in [0.4, 0.5) is 11.4 Å². The molecule has 0 atom stereocenters. The average molecular weight is 242 g/mol. The van der Waals surface area contributed by atoms with E-state index in [2.05, 4.69) is 15.7 Å². The van der Waals surface area contributed by atoms with Gasteiger partial charge in [-0.15, -0.1) is 0 Å². The van der Waals surface area contributed by atoms with Gasteiger partial charge < -0.3 is 10.7 Å². The van der Waals surface area contributed by atoms with Crippen LogP contribution in [-0.4, -0.2) is 10.9 Å². The maximum Gasteiger partial charge on any atom is 0.255 e. The molecule has 0 aliphatic rings. The Morgan fingerprint density at radius 3 is 2.56 bits per heavy atom. The Labute approximate surface area is 105 Å². The summed E-state index contributed by atoms with van der Waals surface area (Å²) in [6.45, 7) is 1.89. The summed E-state index contributed by atoms with van der Waals surface area (Å²) in [5.74, 6) is 5.10. The molecule has 2 aromatic rings. The first-order valence-electron chi connectivity index (χ1n) is 5.49. The molecule has 0 fully saturated rings. The Kier molecular flexibility index (Phi) is 3.54. The molecule has 0 saturated carbocycles. The molecule has 1 aromatic heterocycles. The van der Waals surface area contributed by atoms with E-state index in [-0.39, 0.29) is 5.91 Å². The van der Waals surface area contributed by atoms with Gasteiger partial charge in [0.15, 0.2) is 0 Å². The number of nitrogens with two attached hydrogens (primary N) is 1. The van der Waals surface area contributed by atoms with E-state index in [9.17, 15) is 4.79 Å². The number of hydrazine groups is 1. The highest BCUT2D eigenvalue weighted by Gasteiger charge is 2.07. The van der Waals surface area contributed by atoms with E-state index in [0.29, 0.717) is 5.56 Å². The molecule has 0 bridgehead atoms. The highest BCUT2D eigenvalue weighted by atomic mass is 16.1. The third-order valence-corrected chi connectivity index (χ3v) is 2.58. The Morgan fingerprint density at radius 2 is 1.94 bits per heavy atom. The van der Waals surface area contributed by atoms with E-state index in [1.165, 1.54) is 0 Å². The third kappa shape index (κ3) is 2.64. The predicted octanol–water partition coefficient (Wildman–Crippen LogP) is 1.93. The van der Waals surface area contributed by atoms with Crippen LogP contribution in [-0.2, 0) is 0 Å². The Morgan fingerprint density at radius 1 is 1.22 bits per heavy atom. The molecule has 1 heterocycles. The topological polar surface area (TPSA) is 80.0 Å². The minimum absolute atomic E-state index is 0.159. The lowest BCUT2D eigenvalue weighted by Crippen LogP contribution is -2.13. The summed E-state index contributed by atoms with van der Waals surface area (Å²) in [6, 6.07) is 8.67. The number of benzene rings is 1. The largest absolute Gasteiger partial charge is 0.324 e. The molecule has 0 spiro atoms. The van der Waals surface area contributed by atoms with Crippen LogP contribution in [0, 0.1) is 6.92 Å². The van der Waals surface area contributed by atoms with Gasteiger partial charge in [-0.3, -0.25) is 15.6 Å². The molecule has 0 unspecified atom stereocenters. The van der Waals surface area contributed by atoms with Crippen molar-refractivity contribution in [2.45, 2.75) is 6.92 Å². The fraction of sp³-hybridized carbons (Fsp3) is 0.0769. The van der Waals surface area contributed by atoms with Gasteiger partial charge in [-0.2, -0.15) is 0 Å². The van der Waals surface area contributed by atoms with E-state index < -0.39 is 0 Å². The Balaban J connectivity index is 2.14. The second kappa shape index (κ2) is 5.29. The van der Waals surface area contributed by atoms with Crippen LogP contribution < -0.4 is 16.6 Å². The minimum Gasteiger partial charge on any atom is -0.324 e. The van der Waals surface area contributed by atoms with Gasteiger partial charge in [-0.1, -0.05) is 0 Å². The first kappa shape index (κ1) is 12.1. The Bertz CT molecular complexity index is 551. The fourth-order valence-corrected chi connectivity index (χ4v) is 1.53. The van der Waals surface area contributed by atoms with Crippen molar-refractivity contribution >= 4 is 17.3 Å². The highest BCUT2D eigenvalue weighted by Crippen LogP contribution is 2.14. The van der Waals surface area contributed by atoms with Crippen LogP contribution in [0.2, 0.25) is 0 Å². The molecule has 2 rings (SSSR count). The summed E-state index contributed by atoms with van der Waals surface area (Å²) in [5, 5.41) is 2.83. The predicted molar refractivity (Wildman–Crippen MR) is 71.2 cm³/mol. The van der Waals surface area contributed by atoms with E-state index in [1.54, 1.807) is 42.7 Å². The summed E-state index contributed by atoms with van der Waals surface area (Å²) >= 11 is 0. The van der Waals surface area contributed by atoms with Gasteiger partial charge in [0.05, 0.1) is 0 Å². The second-order valence-electron chi connectivity index (χ2n) is 3.87. The number of rotatable bonds is 3. The average Bonchev–Trinajstić information content (AvgIpc) is 2.41. The summed E-state index contributed by atoms with van der Waals surface area (Å²) in [5.41, 5.74) is 5.52. The highest BCUT2D eigenvalue weighted by molar-refractivity contribution is 6.04. The molecule has 0 aliphatic carbocycles. The number of pyridine rings is 1. The van der Waals surface area contributed by atoms with Crippen molar-refractivity contribution < 1.29 is 4.79 Å². The lowest BCUT2D eigenvalue weighted by Gasteiger charge is -2.08. The molecule has 5 heteroatoms. The Hall–Kier alpha value is -2.40. The number of aryl methyl sites for hydroxylation is 1. The molecule has 1 amide bonds. The standard InChI is InChI=1S/C13H14N4O/c1-9-8-15-7-6-12(9)16-13(18)10-2-4-11(17-14)5-3-10/h2-8,17H,14H2,1H3,(H,15,16,18). The van der Waals surface area contributed by atoms with E-state index in [1.807, 2.05) is 6.92 Å². The van der Waals surface area contributed by atoms with Crippen molar-refractivity contribution in [1.82, 2.24) is 4.98 Å². The summed E-state index contributed by atoms with van der Waals surface area (Å²) < 4.78 is 0. The maximum atomic E-state index is 12.0. The monoisotopic (exact) mass is 242 g/mol. The molecular weight excluding hydrogens is 228 g/mol. The number of aromatic nitrogens is 1. The van der Waals surface area contributed by atoms with Gasteiger partial charge >= 0.3 is 0 Å². The third-order valence-electron chi connectivity index (χ3n) is 2.58. The van der Waals surface area contributed by atoms with Crippen molar-refractivity contribution in [2.24, 2.45) is 5.84 Å². The van der Waals surface area contributed by atoms with Gasteiger partial charge in [0.1, 0.15) is 0 Å². The number of nitrogens with zero attached hydrogens (tertiary/aromatic N) is 1. The zero-order valence-electron chi connectivity index (χ0n) is 9.97. The molecular formula is C13H14N4O. The van der Waals surface area contributed by atoms with Crippen LogP contribution in [0.25, 0.3) is 0 Å². The number of carbonyl (C=O) groups is 1. The SMILES string of the molecule is Cc1cnccc1NC(=O)c1ccc(NN)cc1. The molecule has 0 radical (unpaired) electrons. The van der Waals surface area contributed by atoms with Crippen molar-refractivity contribution in [3.05, 3.63) is 53.9 Å². The lowest BCUT2D eigenvalue weighted by molar-refractivity contribution is 0.102. The van der Waals surface area contributed by atoms with Gasteiger partial charge in [-0.25, -0.2) is 0 Å². The van der Waals surface area contributed by atoms with Crippen molar-refractivity contribution in [3.63, 3.8) is 0 Å². The van der Waals surface area contributed by atoms with Crippen LogP contribution in [0.5, 0.6) is 0 Å². The zero-order chi connectivity index (χ0) is 13.0. The number of hydrogen-bond donors (Lipinski definition) is 3. The second-order valence-corrected chi connectivity index (χ2v) is 3.87. The van der Waals surface area contributed by atoms with Gasteiger partial charge in [0.25, 0.3) is 5.91 Å². The van der Waals surface area contributed by atoms with Gasteiger partial charge in [0.2, 0.25) is 0 Å². The number of anilines is 2. The van der Waals surface area contributed by atoms with Crippen molar-refractivity contribution in [3.8, 4) is 0 Å². The molecule has 4 N–H and O–H groups in total. The normalized spacial score (nSPS) is 9.89. The first-order valence-corrected chi connectivity index (χ1v) is 5.49. The first-order chi connectivity index (χ1) is 8.70. The molecule has 92 valence electrons. The molecule has 18 heavy (non-hydrogen) atoms. The quantitative estimate of drug-likeness (QED) is 0.567. The number of hydrogen-bond acceptors (Lipinski definition) is 4. The number of nitrogens with one attached hydrogen (secondary N) is 2. The molecule has 0 aliphatic heterocycles. The van der Waals surface area contributed by atoms with Crippen molar-refractivity contribution in [2.75, 3.05) is 10.7 Å². The van der Waals surface area contributed by atoms with Crippen molar-refractivity contribution in [1.29, 1.82) is 0 Å². The smallest absolute Gasteiger partial charge is 0.255 e. The van der Waals surface area contributed by atoms with E-state index in [0.717, 1.165) is 16.9 Å². The number of nitrogen functional groups attached to an aromatic ring is 1. The maximum absolute atomic E-state index is 12.0. The molecule has 5 nitrogen and oxygen atoms in total. The van der Waals surface area contributed by atoms with Gasteiger partial charge in [0, 0.05) is 29.3 Å². The summed E-state index contributed by atoms with van der Waals surface area (Å²) in [6.07, 6.45) is 3.35. The van der Waals surface area contributed by atoms with Gasteiger partial charge in [-0.05, 0) is 42.8 Å². The number of carbonyl (C=O) groups excluding carboxylic acids is 1. The van der Waals surface area contributed by atoms with E-state index >= 15 is 0 Å². The summed E-state index contributed by atoms with van der Waals surface area (Å²) in [4.78, 5) is 16.0. The lowest BCUT2D eigenvalue weighted by atomic mass is 10.2.